The van der Waals surface area contributed by atoms with Gasteiger partial charge in [-0.2, -0.15) is 0 Å². The van der Waals surface area contributed by atoms with Gasteiger partial charge in [0.2, 0.25) is 0 Å². The Bertz CT molecular complexity index is 254. The molecule has 0 aliphatic heterocycles. The highest BCUT2D eigenvalue weighted by molar-refractivity contribution is 5.91. The average Bonchev–Trinajstić information content (AvgIpc) is 2.36. The van der Waals surface area contributed by atoms with Crippen LogP contribution in [0.25, 0.3) is 0 Å². The fourth-order valence-electron chi connectivity index (χ4n) is 0.792. The van der Waals surface area contributed by atoms with E-state index in [1.54, 1.807) is 0 Å². The minimum Gasteiger partial charge on any atom is -0.351 e. The maximum Gasteiger partial charge on any atom is 0.269 e. The van der Waals surface area contributed by atoms with E-state index in [9.17, 15) is 4.79 Å². The van der Waals surface area contributed by atoms with E-state index in [-0.39, 0.29) is 5.91 Å². The van der Waals surface area contributed by atoms with E-state index >= 15 is 0 Å². The van der Waals surface area contributed by atoms with Gasteiger partial charge in [-0.15, -0.1) is 0 Å². The molecule has 0 aliphatic rings. The van der Waals surface area contributed by atoms with Gasteiger partial charge in [0.1, 0.15) is 11.5 Å². The number of hydrogen-bond acceptors (Lipinski definition) is 2. The van der Waals surface area contributed by atoms with Crippen molar-refractivity contribution in [2.24, 2.45) is 0 Å². The second-order valence-electron chi connectivity index (χ2n) is 2.24. The van der Waals surface area contributed by atoms with Crippen LogP contribution in [0.5, 0.6) is 0 Å². The van der Waals surface area contributed by atoms with Crippen molar-refractivity contribution in [2.75, 3.05) is 6.54 Å². The highest BCUT2D eigenvalue weighted by Gasteiger charge is 2.04. The third-order valence-electron chi connectivity index (χ3n) is 1.28. The summed E-state index contributed by atoms with van der Waals surface area (Å²) >= 11 is 0. The fraction of sp³-hybridized carbons (Fsp3) is 0.429. The van der Waals surface area contributed by atoms with E-state index in [1.807, 2.05) is 13.8 Å². The number of H-pyrrole nitrogens is 1. The number of aryl methyl sites for hydroxylation is 1. The van der Waals surface area contributed by atoms with Crippen molar-refractivity contribution in [1.29, 1.82) is 0 Å². The van der Waals surface area contributed by atoms with Gasteiger partial charge < -0.3 is 10.3 Å². The van der Waals surface area contributed by atoms with E-state index < -0.39 is 0 Å². The molecule has 1 rings (SSSR count). The number of nitrogens with one attached hydrogen (secondary N) is 2. The summed E-state index contributed by atoms with van der Waals surface area (Å²) in [7, 11) is 0. The summed E-state index contributed by atoms with van der Waals surface area (Å²) in [6, 6.07) is 0. The molecule has 11 heavy (non-hydrogen) atoms. The van der Waals surface area contributed by atoms with E-state index in [1.165, 1.54) is 6.20 Å². The number of aromatic nitrogens is 2. The molecular formula is C7H11N3O. The Hall–Kier alpha value is -1.32. The molecular weight excluding hydrogens is 142 g/mol. The normalized spacial score (nSPS) is 9.64. The van der Waals surface area contributed by atoms with Crippen LogP contribution < -0.4 is 5.32 Å². The molecule has 0 spiro atoms. The third-order valence-corrected chi connectivity index (χ3v) is 1.28. The topological polar surface area (TPSA) is 57.8 Å². The number of aromatic amines is 1. The predicted octanol–water partition coefficient (Wildman–Crippen LogP) is 0.468. The molecule has 1 aromatic heterocycles. The Labute approximate surface area is 65.0 Å². The standard InChI is InChI=1S/C7H11N3O/c1-3-8-7(11)6-4-9-5(2)10-6/h4H,3H2,1-2H3,(H,8,11)(H,9,10). The number of amides is 1. The molecule has 0 saturated heterocycles. The van der Waals surface area contributed by atoms with Crippen LogP contribution in [0.4, 0.5) is 0 Å². The molecule has 0 radical (unpaired) electrons. The highest BCUT2D eigenvalue weighted by atomic mass is 16.1. The molecule has 1 heterocycles. The van der Waals surface area contributed by atoms with Crippen LogP contribution in [0.2, 0.25) is 0 Å². The Morgan fingerprint density at radius 3 is 3.00 bits per heavy atom. The average molecular weight is 153 g/mol. The lowest BCUT2D eigenvalue weighted by molar-refractivity contribution is 0.0951. The van der Waals surface area contributed by atoms with Crippen molar-refractivity contribution in [3.63, 3.8) is 0 Å². The Morgan fingerprint density at radius 1 is 1.82 bits per heavy atom. The smallest absolute Gasteiger partial charge is 0.269 e. The van der Waals surface area contributed by atoms with Gasteiger partial charge in [0.15, 0.2) is 0 Å². The summed E-state index contributed by atoms with van der Waals surface area (Å²) < 4.78 is 0. The van der Waals surface area contributed by atoms with E-state index in [0.717, 1.165) is 5.82 Å². The largest absolute Gasteiger partial charge is 0.351 e. The summed E-state index contributed by atoms with van der Waals surface area (Å²) in [4.78, 5) is 17.8. The van der Waals surface area contributed by atoms with Gasteiger partial charge in [0.05, 0.1) is 6.20 Å². The quantitative estimate of drug-likeness (QED) is 0.648. The van der Waals surface area contributed by atoms with Crippen molar-refractivity contribution >= 4 is 5.91 Å². The number of carbonyl (C=O) groups excluding carboxylic acids is 1. The van der Waals surface area contributed by atoms with Gasteiger partial charge in [-0.05, 0) is 13.8 Å². The van der Waals surface area contributed by atoms with Gasteiger partial charge >= 0.3 is 0 Å². The second kappa shape index (κ2) is 3.18. The van der Waals surface area contributed by atoms with Gasteiger partial charge in [0, 0.05) is 6.54 Å². The first-order valence-corrected chi connectivity index (χ1v) is 3.54. The molecule has 0 bridgehead atoms. The van der Waals surface area contributed by atoms with Crippen LogP contribution in [0.1, 0.15) is 23.2 Å². The maximum atomic E-state index is 11.1. The van der Waals surface area contributed by atoms with Crippen molar-refractivity contribution in [2.45, 2.75) is 13.8 Å². The predicted molar refractivity (Wildman–Crippen MR) is 41.3 cm³/mol. The molecule has 60 valence electrons. The summed E-state index contributed by atoms with van der Waals surface area (Å²) in [6.45, 7) is 4.32. The van der Waals surface area contributed by atoms with Gasteiger partial charge in [0.25, 0.3) is 5.91 Å². The molecule has 0 aliphatic carbocycles. The second-order valence-corrected chi connectivity index (χ2v) is 2.24. The Balaban J connectivity index is 2.69. The summed E-state index contributed by atoms with van der Waals surface area (Å²) in [5.74, 6) is 0.652. The van der Waals surface area contributed by atoms with E-state index in [2.05, 4.69) is 15.3 Å². The summed E-state index contributed by atoms with van der Waals surface area (Å²) in [6.07, 6.45) is 1.53. The van der Waals surface area contributed by atoms with Crippen LogP contribution in [-0.2, 0) is 0 Å². The molecule has 0 aromatic carbocycles. The molecule has 4 heteroatoms. The van der Waals surface area contributed by atoms with Crippen LogP contribution in [0.15, 0.2) is 6.20 Å². The number of imidazole rings is 1. The zero-order valence-corrected chi connectivity index (χ0v) is 6.64. The van der Waals surface area contributed by atoms with Crippen LogP contribution >= 0.6 is 0 Å². The Morgan fingerprint density at radius 2 is 2.55 bits per heavy atom. The molecule has 0 fully saturated rings. The third kappa shape index (κ3) is 1.80. The minimum atomic E-state index is -0.104. The first-order chi connectivity index (χ1) is 5.24. The maximum absolute atomic E-state index is 11.1. The number of nitrogens with zero attached hydrogens (tertiary/aromatic N) is 1. The molecule has 1 aromatic rings. The van der Waals surface area contributed by atoms with Crippen LogP contribution in [0, 0.1) is 6.92 Å². The highest BCUT2D eigenvalue weighted by Crippen LogP contribution is 1.94. The first kappa shape index (κ1) is 7.78. The van der Waals surface area contributed by atoms with Crippen molar-refractivity contribution in [1.82, 2.24) is 15.3 Å². The Kier molecular flexibility index (Phi) is 2.25. The zero-order chi connectivity index (χ0) is 8.27. The summed E-state index contributed by atoms with van der Waals surface area (Å²) in [5.41, 5.74) is 0.518. The molecule has 4 nitrogen and oxygen atoms in total. The van der Waals surface area contributed by atoms with Crippen molar-refractivity contribution < 1.29 is 4.79 Å². The van der Waals surface area contributed by atoms with Crippen molar-refractivity contribution in [3.8, 4) is 0 Å². The number of carbonyl (C=O) groups is 1. The van der Waals surface area contributed by atoms with E-state index in [0.29, 0.717) is 12.2 Å². The molecule has 2 N–H and O–H groups in total. The van der Waals surface area contributed by atoms with Gasteiger partial charge in [-0.3, -0.25) is 4.79 Å². The molecule has 0 unspecified atom stereocenters. The lowest BCUT2D eigenvalue weighted by atomic mass is 10.4. The van der Waals surface area contributed by atoms with Gasteiger partial charge in [-0.1, -0.05) is 0 Å². The van der Waals surface area contributed by atoms with Crippen LogP contribution in [-0.4, -0.2) is 22.4 Å². The number of hydrogen-bond donors (Lipinski definition) is 2. The number of rotatable bonds is 2. The zero-order valence-electron chi connectivity index (χ0n) is 6.64. The SMILES string of the molecule is CCNC(=O)c1cnc(C)[nH]1. The van der Waals surface area contributed by atoms with E-state index in [4.69, 9.17) is 0 Å². The van der Waals surface area contributed by atoms with Crippen LogP contribution in [0.3, 0.4) is 0 Å². The summed E-state index contributed by atoms with van der Waals surface area (Å²) in [5, 5.41) is 2.66. The molecule has 0 saturated carbocycles. The molecule has 0 atom stereocenters. The van der Waals surface area contributed by atoms with Gasteiger partial charge in [-0.25, -0.2) is 4.98 Å². The monoisotopic (exact) mass is 153 g/mol. The minimum absolute atomic E-state index is 0.104. The lowest BCUT2D eigenvalue weighted by Gasteiger charge is -1.96. The molecule has 1 amide bonds. The fourth-order valence-corrected chi connectivity index (χ4v) is 0.792. The first-order valence-electron chi connectivity index (χ1n) is 3.54. The van der Waals surface area contributed by atoms with Crippen molar-refractivity contribution in [3.05, 3.63) is 17.7 Å². The lowest BCUT2D eigenvalue weighted by Crippen LogP contribution is -2.22.